The molecule has 0 fully saturated rings. The monoisotopic (exact) mass is 337 g/mol. The van der Waals surface area contributed by atoms with Crippen molar-refractivity contribution in [3.8, 4) is 0 Å². The second-order valence-corrected chi connectivity index (χ2v) is 5.62. The maximum atomic E-state index is 13.9. The Balaban J connectivity index is 2.17. The summed E-state index contributed by atoms with van der Waals surface area (Å²) < 4.78 is 14.7. The number of hydrogen-bond acceptors (Lipinski definition) is 2. The third kappa shape index (κ3) is 3.66. The molecule has 2 rings (SSSR count). The van der Waals surface area contributed by atoms with Gasteiger partial charge in [0.2, 0.25) is 0 Å². The highest BCUT2D eigenvalue weighted by atomic mass is 79.9. The molecule has 0 aliphatic heterocycles. The predicted octanol–water partition coefficient (Wildman–Crippen LogP) is 3.97. The van der Waals surface area contributed by atoms with E-state index in [1.165, 1.54) is 6.07 Å². The Bertz CT molecular complexity index is 562. The van der Waals surface area contributed by atoms with E-state index in [1.807, 2.05) is 37.3 Å². The van der Waals surface area contributed by atoms with Gasteiger partial charge >= 0.3 is 0 Å². The van der Waals surface area contributed by atoms with Gasteiger partial charge in [0.05, 0.1) is 12.6 Å². The van der Waals surface area contributed by atoms with Crippen molar-refractivity contribution < 1.29 is 9.50 Å². The molecule has 0 aromatic heterocycles. The third-order valence-electron chi connectivity index (χ3n) is 3.26. The normalized spacial score (nSPS) is 14.0. The summed E-state index contributed by atoms with van der Waals surface area (Å²) in [6, 6.07) is 14.1. The molecule has 0 heterocycles. The van der Waals surface area contributed by atoms with E-state index in [2.05, 4.69) is 21.2 Å². The Labute approximate surface area is 126 Å². The van der Waals surface area contributed by atoms with E-state index in [0.717, 1.165) is 10.0 Å². The lowest BCUT2D eigenvalue weighted by Crippen LogP contribution is -2.27. The lowest BCUT2D eigenvalue weighted by atomic mass is 10.0. The number of rotatable bonds is 5. The summed E-state index contributed by atoms with van der Waals surface area (Å²) in [5.41, 5.74) is 1.56. The van der Waals surface area contributed by atoms with Gasteiger partial charge in [-0.3, -0.25) is 0 Å². The number of aliphatic hydroxyl groups is 1. The molecule has 2 unspecified atom stereocenters. The summed E-state index contributed by atoms with van der Waals surface area (Å²) in [6.45, 7) is 1.85. The molecule has 2 atom stereocenters. The van der Waals surface area contributed by atoms with E-state index in [4.69, 9.17) is 0 Å². The van der Waals surface area contributed by atoms with Crippen molar-refractivity contribution in [2.75, 3.05) is 6.61 Å². The number of hydrogen-bond donors (Lipinski definition) is 2. The molecule has 2 aromatic rings. The minimum atomic E-state index is -0.252. The molecular weight excluding hydrogens is 321 g/mol. The molecule has 2 nitrogen and oxygen atoms in total. The molecule has 0 saturated carbocycles. The molecule has 0 saturated heterocycles. The zero-order valence-corrected chi connectivity index (χ0v) is 12.8. The van der Waals surface area contributed by atoms with Crippen molar-refractivity contribution in [3.63, 3.8) is 0 Å². The van der Waals surface area contributed by atoms with E-state index in [1.54, 1.807) is 12.1 Å². The quantitative estimate of drug-likeness (QED) is 0.865. The van der Waals surface area contributed by atoms with Crippen LogP contribution in [-0.2, 0) is 0 Å². The van der Waals surface area contributed by atoms with Crippen LogP contribution in [0.2, 0.25) is 0 Å². The number of halogens is 2. The average Bonchev–Trinajstić information content (AvgIpc) is 2.48. The van der Waals surface area contributed by atoms with Gasteiger partial charge in [0.15, 0.2) is 0 Å². The highest BCUT2D eigenvalue weighted by Crippen LogP contribution is 2.24. The van der Waals surface area contributed by atoms with Crippen molar-refractivity contribution in [1.29, 1.82) is 0 Å². The second kappa shape index (κ2) is 6.97. The van der Waals surface area contributed by atoms with Gasteiger partial charge in [-0.25, -0.2) is 4.39 Å². The van der Waals surface area contributed by atoms with Gasteiger partial charge in [0, 0.05) is 16.1 Å². The highest BCUT2D eigenvalue weighted by Gasteiger charge is 2.17. The molecule has 20 heavy (non-hydrogen) atoms. The molecule has 0 aliphatic rings. The Hall–Kier alpha value is -1.23. The summed E-state index contributed by atoms with van der Waals surface area (Å²) in [5.74, 6) is -0.252. The van der Waals surface area contributed by atoms with Gasteiger partial charge in [0.1, 0.15) is 5.82 Å². The average molecular weight is 338 g/mol. The standard InChI is InChI=1S/C16H17BrFNO/c1-11(14-9-13(17)7-8-15(14)18)19-16(10-20)12-5-3-2-4-6-12/h2-9,11,16,19-20H,10H2,1H3. The maximum Gasteiger partial charge on any atom is 0.128 e. The first-order chi connectivity index (χ1) is 9.61. The fourth-order valence-electron chi connectivity index (χ4n) is 2.18. The molecule has 4 heteroatoms. The molecule has 0 bridgehead atoms. The van der Waals surface area contributed by atoms with Crippen molar-refractivity contribution >= 4 is 15.9 Å². The van der Waals surface area contributed by atoms with Gasteiger partial charge in [-0.1, -0.05) is 46.3 Å². The Morgan fingerprint density at radius 3 is 2.55 bits per heavy atom. The highest BCUT2D eigenvalue weighted by molar-refractivity contribution is 9.10. The van der Waals surface area contributed by atoms with Crippen LogP contribution >= 0.6 is 15.9 Å². The van der Waals surface area contributed by atoms with Crippen LogP contribution in [-0.4, -0.2) is 11.7 Å². The minimum absolute atomic E-state index is 0.0377. The zero-order valence-electron chi connectivity index (χ0n) is 11.2. The summed E-state index contributed by atoms with van der Waals surface area (Å²) in [5, 5.41) is 12.8. The van der Waals surface area contributed by atoms with Crippen LogP contribution in [0.3, 0.4) is 0 Å². The Morgan fingerprint density at radius 2 is 1.90 bits per heavy atom. The van der Waals surface area contributed by atoms with Crippen LogP contribution < -0.4 is 5.32 Å². The van der Waals surface area contributed by atoms with Gasteiger partial charge in [0.25, 0.3) is 0 Å². The summed E-state index contributed by atoms with van der Waals surface area (Å²) in [7, 11) is 0. The second-order valence-electron chi connectivity index (χ2n) is 4.70. The van der Waals surface area contributed by atoms with Crippen molar-refractivity contribution in [2.24, 2.45) is 0 Å². The molecule has 0 aliphatic carbocycles. The van der Waals surface area contributed by atoms with Crippen LogP contribution in [0.5, 0.6) is 0 Å². The lowest BCUT2D eigenvalue weighted by molar-refractivity contribution is 0.234. The summed E-state index contributed by atoms with van der Waals surface area (Å²) in [4.78, 5) is 0. The summed E-state index contributed by atoms with van der Waals surface area (Å²) >= 11 is 3.35. The van der Waals surface area contributed by atoms with E-state index < -0.39 is 0 Å². The van der Waals surface area contributed by atoms with Crippen molar-refractivity contribution in [3.05, 3.63) is 69.9 Å². The molecule has 2 N–H and O–H groups in total. The van der Waals surface area contributed by atoms with Gasteiger partial charge < -0.3 is 10.4 Å². The number of benzene rings is 2. The molecular formula is C16H17BrFNO. The minimum Gasteiger partial charge on any atom is -0.394 e. The van der Waals surface area contributed by atoms with E-state index in [0.29, 0.717) is 5.56 Å². The van der Waals surface area contributed by atoms with Crippen molar-refractivity contribution in [1.82, 2.24) is 5.32 Å². The lowest BCUT2D eigenvalue weighted by Gasteiger charge is -2.23. The van der Waals surface area contributed by atoms with Crippen LogP contribution in [0.4, 0.5) is 4.39 Å². The molecule has 0 amide bonds. The van der Waals surface area contributed by atoms with E-state index in [9.17, 15) is 9.50 Å². The molecule has 0 spiro atoms. The van der Waals surface area contributed by atoms with E-state index in [-0.39, 0.29) is 24.5 Å². The summed E-state index contributed by atoms with van der Waals surface area (Å²) in [6.07, 6.45) is 0. The first kappa shape index (κ1) is 15.2. The predicted molar refractivity (Wildman–Crippen MR) is 81.9 cm³/mol. The zero-order chi connectivity index (χ0) is 14.5. The van der Waals surface area contributed by atoms with Crippen LogP contribution in [0.25, 0.3) is 0 Å². The topological polar surface area (TPSA) is 32.3 Å². The third-order valence-corrected chi connectivity index (χ3v) is 3.75. The maximum absolute atomic E-state index is 13.9. The van der Waals surface area contributed by atoms with Crippen LogP contribution in [0.1, 0.15) is 30.1 Å². The van der Waals surface area contributed by atoms with E-state index >= 15 is 0 Å². The van der Waals surface area contributed by atoms with Crippen LogP contribution in [0, 0.1) is 5.82 Å². The largest absolute Gasteiger partial charge is 0.394 e. The first-order valence-electron chi connectivity index (χ1n) is 6.48. The Kier molecular flexibility index (Phi) is 5.29. The smallest absolute Gasteiger partial charge is 0.128 e. The number of aliphatic hydroxyl groups excluding tert-OH is 1. The molecule has 2 aromatic carbocycles. The van der Waals surface area contributed by atoms with Crippen molar-refractivity contribution in [2.45, 2.75) is 19.0 Å². The molecule has 106 valence electrons. The SMILES string of the molecule is CC(NC(CO)c1ccccc1)c1cc(Br)ccc1F. The fourth-order valence-corrected chi connectivity index (χ4v) is 2.56. The molecule has 0 radical (unpaired) electrons. The first-order valence-corrected chi connectivity index (χ1v) is 7.28. The van der Waals surface area contributed by atoms with Crippen LogP contribution in [0.15, 0.2) is 53.0 Å². The van der Waals surface area contributed by atoms with Gasteiger partial charge in [-0.15, -0.1) is 0 Å². The number of nitrogens with one attached hydrogen (secondary N) is 1. The fraction of sp³-hybridized carbons (Fsp3) is 0.250. The van der Waals surface area contributed by atoms with Gasteiger partial charge in [-0.05, 0) is 30.7 Å². The van der Waals surface area contributed by atoms with Gasteiger partial charge in [-0.2, -0.15) is 0 Å². The Morgan fingerprint density at radius 1 is 1.20 bits per heavy atom.